The van der Waals surface area contributed by atoms with Crippen LogP contribution in [0.4, 0.5) is 14.5 Å². The molecule has 48 heavy (non-hydrogen) atoms. The van der Waals surface area contributed by atoms with Crippen LogP contribution in [0.3, 0.4) is 0 Å². The fourth-order valence-corrected chi connectivity index (χ4v) is 6.16. The fourth-order valence-electron chi connectivity index (χ4n) is 5.99. The van der Waals surface area contributed by atoms with Crippen LogP contribution in [0, 0.1) is 5.92 Å². The first-order valence-electron chi connectivity index (χ1n) is 15.2. The van der Waals surface area contributed by atoms with Gasteiger partial charge in [-0.05, 0) is 54.8 Å². The van der Waals surface area contributed by atoms with Gasteiger partial charge in [0, 0.05) is 46.1 Å². The SMILES string of the molecule is C[C@@H]1CCC[C@H](n2cnc(-c3cc(Cl)ccc3-n3cc(-c4cccnc4)nn3)cc2=O)c2cccc(c2)-c2c(cnn2C(F)F)NC1=O. The van der Waals surface area contributed by atoms with Gasteiger partial charge in [0.05, 0.1) is 47.5 Å². The topological polar surface area (TPSA) is 125 Å². The summed E-state index contributed by atoms with van der Waals surface area (Å²) < 4.78 is 31.7. The summed E-state index contributed by atoms with van der Waals surface area (Å²) in [5.74, 6) is -0.695. The van der Waals surface area contributed by atoms with Crippen molar-refractivity contribution >= 4 is 23.2 Å². The molecule has 0 spiro atoms. The number of aromatic nitrogens is 8. The second kappa shape index (κ2) is 12.9. The maximum Gasteiger partial charge on any atom is 0.333 e. The number of hydrogen-bond donors (Lipinski definition) is 1. The first-order chi connectivity index (χ1) is 23.3. The minimum Gasteiger partial charge on any atom is -0.323 e. The molecule has 0 aliphatic carbocycles. The maximum absolute atomic E-state index is 14.0. The van der Waals surface area contributed by atoms with Gasteiger partial charge in [-0.1, -0.05) is 48.4 Å². The monoisotopic (exact) mass is 667 g/mol. The molecule has 4 aromatic heterocycles. The summed E-state index contributed by atoms with van der Waals surface area (Å²) in [7, 11) is 0. The van der Waals surface area contributed by atoms with Crippen molar-refractivity contribution in [1.29, 1.82) is 0 Å². The summed E-state index contributed by atoms with van der Waals surface area (Å²) in [6, 6.07) is 16.9. The van der Waals surface area contributed by atoms with Gasteiger partial charge in [-0.2, -0.15) is 13.9 Å². The number of pyridine rings is 1. The van der Waals surface area contributed by atoms with Gasteiger partial charge in [0.15, 0.2) is 0 Å². The van der Waals surface area contributed by atoms with Gasteiger partial charge < -0.3 is 5.32 Å². The number of halogens is 3. The summed E-state index contributed by atoms with van der Waals surface area (Å²) in [5, 5.41) is 15.7. The van der Waals surface area contributed by atoms with Crippen LogP contribution in [-0.4, -0.2) is 45.2 Å². The van der Waals surface area contributed by atoms with Crippen molar-refractivity contribution in [2.24, 2.45) is 5.92 Å². The van der Waals surface area contributed by atoms with Crippen LogP contribution < -0.4 is 10.9 Å². The lowest BCUT2D eigenvalue weighted by atomic mass is 9.94. The van der Waals surface area contributed by atoms with Crippen LogP contribution in [0.15, 0.2) is 96.6 Å². The summed E-state index contributed by atoms with van der Waals surface area (Å²) in [6.07, 6.45) is 9.48. The van der Waals surface area contributed by atoms with Gasteiger partial charge in [-0.15, -0.1) is 5.10 Å². The van der Waals surface area contributed by atoms with Crippen molar-refractivity contribution in [3.63, 3.8) is 0 Å². The van der Waals surface area contributed by atoms with E-state index >= 15 is 0 Å². The molecule has 5 heterocycles. The molecule has 0 fully saturated rings. The minimum absolute atomic E-state index is 0.0841. The Kier molecular flexibility index (Phi) is 8.36. The number of benzene rings is 2. The first kappa shape index (κ1) is 31.1. The molecule has 14 heteroatoms. The van der Waals surface area contributed by atoms with E-state index < -0.39 is 18.5 Å². The maximum atomic E-state index is 14.0. The van der Waals surface area contributed by atoms with Crippen LogP contribution in [0.5, 0.6) is 0 Å². The Labute approximate surface area is 277 Å². The van der Waals surface area contributed by atoms with E-state index in [-0.39, 0.29) is 22.8 Å². The second-order valence-electron chi connectivity index (χ2n) is 11.6. The number of amides is 1. The predicted octanol–water partition coefficient (Wildman–Crippen LogP) is 6.81. The molecule has 242 valence electrons. The molecule has 6 aromatic rings. The lowest BCUT2D eigenvalue weighted by Gasteiger charge is -2.23. The van der Waals surface area contributed by atoms with Crippen molar-refractivity contribution < 1.29 is 13.6 Å². The van der Waals surface area contributed by atoms with Gasteiger partial charge in [-0.3, -0.25) is 19.1 Å². The van der Waals surface area contributed by atoms with Crippen molar-refractivity contribution in [1.82, 2.24) is 39.3 Å². The van der Waals surface area contributed by atoms with Gasteiger partial charge >= 0.3 is 6.55 Å². The highest BCUT2D eigenvalue weighted by atomic mass is 35.5. The smallest absolute Gasteiger partial charge is 0.323 e. The standard InChI is InChI=1S/C34H28ClF2N9O2/c1-20-5-2-9-29(21-6-3-7-22(13-21)32-27(41-33(20)48)17-40-46(32)34(36)37)44-19-39-26(15-31(44)47)25-14-24(35)10-11-30(25)45-18-28(42-43-45)23-8-4-12-38-16-23/h3-4,6-8,10-20,29,34H,2,5,9H2,1H3,(H,41,48)/t20-,29+/m1/s1. The molecule has 0 radical (unpaired) electrons. The van der Waals surface area contributed by atoms with E-state index in [1.54, 1.807) is 66.6 Å². The summed E-state index contributed by atoms with van der Waals surface area (Å²) in [6.45, 7) is -1.14. The third-order valence-electron chi connectivity index (χ3n) is 8.45. The average Bonchev–Trinajstić information content (AvgIpc) is 3.75. The van der Waals surface area contributed by atoms with Gasteiger partial charge in [0.1, 0.15) is 5.69 Å². The molecular weight excluding hydrogens is 640 g/mol. The molecule has 1 aliphatic heterocycles. The molecule has 1 N–H and O–H groups in total. The molecule has 11 nitrogen and oxygen atoms in total. The summed E-state index contributed by atoms with van der Waals surface area (Å²) in [5.41, 5.74) is 4.09. The quantitative estimate of drug-likeness (QED) is 0.214. The lowest BCUT2D eigenvalue weighted by molar-refractivity contribution is -0.119. The molecular formula is C34H28ClF2N9O2. The normalized spacial score (nSPS) is 16.6. The van der Waals surface area contributed by atoms with Crippen molar-refractivity contribution in [3.8, 4) is 39.5 Å². The van der Waals surface area contributed by atoms with Crippen LogP contribution in [0.2, 0.25) is 5.02 Å². The third kappa shape index (κ3) is 5.99. The van der Waals surface area contributed by atoms with Crippen LogP contribution in [-0.2, 0) is 4.79 Å². The number of anilines is 1. The number of carbonyl (C=O) groups excluding carboxylic acids is 1. The highest BCUT2D eigenvalue weighted by Crippen LogP contribution is 2.36. The number of nitrogens with one attached hydrogen (secondary N) is 1. The fraction of sp³-hybridized carbons (Fsp3) is 0.206. The molecule has 1 aliphatic rings. The van der Waals surface area contributed by atoms with E-state index in [0.29, 0.717) is 57.2 Å². The average molecular weight is 668 g/mol. The number of hydrogen-bond acceptors (Lipinski definition) is 7. The zero-order valence-electron chi connectivity index (χ0n) is 25.5. The summed E-state index contributed by atoms with van der Waals surface area (Å²) >= 11 is 6.41. The Morgan fingerprint density at radius 1 is 0.979 bits per heavy atom. The number of nitrogens with zero attached hydrogens (tertiary/aromatic N) is 8. The van der Waals surface area contributed by atoms with Crippen molar-refractivity contribution in [3.05, 3.63) is 113 Å². The number of alkyl halides is 2. The highest BCUT2D eigenvalue weighted by molar-refractivity contribution is 6.31. The molecule has 2 bridgehead atoms. The molecule has 0 saturated heterocycles. The van der Waals surface area contributed by atoms with Crippen LogP contribution >= 0.6 is 11.6 Å². The first-order valence-corrected chi connectivity index (χ1v) is 15.6. The molecule has 0 unspecified atom stereocenters. The number of carbonyl (C=O) groups is 1. The van der Waals surface area contributed by atoms with Crippen molar-refractivity contribution in [2.75, 3.05) is 5.32 Å². The van der Waals surface area contributed by atoms with Gasteiger partial charge in [0.25, 0.3) is 5.56 Å². The van der Waals surface area contributed by atoms with E-state index in [0.717, 1.165) is 11.1 Å². The Morgan fingerprint density at radius 3 is 2.62 bits per heavy atom. The zero-order valence-corrected chi connectivity index (χ0v) is 26.3. The summed E-state index contributed by atoms with van der Waals surface area (Å²) in [4.78, 5) is 35.7. The van der Waals surface area contributed by atoms with Crippen LogP contribution in [0.1, 0.15) is 44.3 Å². The molecule has 2 aromatic carbocycles. The Bertz CT molecular complexity index is 2180. The number of rotatable bonds is 5. The molecule has 1 amide bonds. The largest absolute Gasteiger partial charge is 0.333 e. The van der Waals surface area contributed by atoms with Gasteiger partial charge in [-0.25, -0.2) is 14.3 Å². The Morgan fingerprint density at radius 2 is 1.83 bits per heavy atom. The lowest BCUT2D eigenvalue weighted by Crippen LogP contribution is -2.26. The van der Waals surface area contributed by atoms with E-state index in [2.05, 4.69) is 25.7 Å². The highest BCUT2D eigenvalue weighted by Gasteiger charge is 2.25. The molecule has 2 atom stereocenters. The van der Waals surface area contributed by atoms with E-state index in [1.807, 2.05) is 18.2 Å². The molecule has 0 saturated carbocycles. The van der Waals surface area contributed by atoms with E-state index in [9.17, 15) is 18.4 Å². The third-order valence-corrected chi connectivity index (χ3v) is 8.68. The Hall–Kier alpha value is -5.56. The Balaban J connectivity index is 1.29. The predicted molar refractivity (Wildman–Crippen MR) is 176 cm³/mol. The van der Waals surface area contributed by atoms with E-state index in [4.69, 9.17) is 16.6 Å². The number of fused-ring (bicyclic) bond motifs is 4. The van der Waals surface area contributed by atoms with E-state index in [1.165, 1.54) is 23.2 Å². The van der Waals surface area contributed by atoms with Gasteiger partial charge in [0.2, 0.25) is 5.91 Å². The van der Waals surface area contributed by atoms with Crippen LogP contribution in [0.25, 0.3) is 39.5 Å². The second-order valence-corrected chi connectivity index (χ2v) is 12.0. The zero-order chi connectivity index (χ0) is 33.4. The molecule has 7 rings (SSSR count). The van der Waals surface area contributed by atoms with Crippen molar-refractivity contribution in [2.45, 2.75) is 38.8 Å². The minimum atomic E-state index is -2.93.